The highest BCUT2D eigenvalue weighted by molar-refractivity contribution is 5.06. The molecule has 1 fully saturated rings. The van der Waals surface area contributed by atoms with Crippen molar-refractivity contribution in [3.05, 3.63) is 24.0 Å². The van der Waals surface area contributed by atoms with E-state index < -0.39 is 0 Å². The van der Waals surface area contributed by atoms with Gasteiger partial charge in [-0.15, -0.1) is 0 Å². The molecule has 0 amide bonds. The fourth-order valence-corrected chi connectivity index (χ4v) is 2.60. The smallest absolute Gasteiger partial charge is 0.0434 e. The quantitative estimate of drug-likeness (QED) is 0.838. The second-order valence-electron chi connectivity index (χ2n) is 4.87. The summed E-state index contributed by atoms with van der Waals surface area (Å²) in [7, 11) is 2.10. The topological polar surface area (TPSA) is 28.4 Å². The summed E-state index contributed by atoms with van der Waals surface area (Å²) in [5, 5.41) is 8.98. The molecule has 2 rings (SSSR count). The number of aromatic nitrogens is 1. The Morgan fingerprint density at radius 2 is 2.38 bits per heavy atom. The van der Waals surface area contributed by atoms with Crippen LogP contribution in [0.5, 0.6) is 0 Å². The van der Waals surface area contributed by atoms with Gasteiger partial charge in [-0.1, -0.05) is 0 Å². The highest BCUT2D eigenvalue weighted by Crippen LogP contribution is 2.20. The van der Waals surface area contributed by atoms with Crippen molar-refractivity contribution in [3.8, 4) is 0 Å². The first kappa shape index (κ1) is 11.7. The maximum Gasteiger partial charge on any atom is 0.0434 e. The first-order chi connectivity index (χ1) is 7.79. The first-order valence-corrected chi connectivity index (χ1v) is 6.23. The van der Waals surface area contributed by atoms with Gasteiger partial charge < -0.3 is 9.67 Å². The van der Waals surface area contributed by atoms with Gasteiger partial charge in [-0.05, 0) is 43.9 Å². The highest BCUT2D eigenvalue weighted by atomic mass is 16.3. The van der Waals surface area contributed by atoms with Crippen LogP contribution in [0.25, 0.3) is 0 Å². The van der Waals surface area contributed by atoms with E-state index in [0.717, 1.165) is 19.5 Å². The van der Waals surface area contributed by atoms with Gasteiger partial charge in [0, 0.05) is 38.6 Å². The molecule has 1 unspecified atom stereocenters. The van der Waals surface area contributed by atoms with E-state index in [1.54, 1.807) is 0 Å². The van der Waals surface area contributed by atoms with Crippen LogP contribution in [0, 0.1) is 5.92 Å². The van der Waals surface area contributed by atoms with E-state index >= 15 is 0 Å². The molecule has 0 aliphatic carbocycles. The van der Waals surface area contributed by atoms with Crippen molar-refractivity contribution in [1.82, 2.24) is 9.47 Å². The highest BCUT2D eigenvalue weighted by Gasteiger charge is 2.19. The Bertz CT molecular complexity index is 319. The van der Waals surface area contributed by atoms with Crippen LogP contribution in [0.15, 0.2) is 18.3 Å². The second-order valence-corrected chi connectivity index (χ2v) is 4.87. The van der Waals surface area contributed by atoms with Crippen LogP contribution in [0.4, 0.5) is 0 Å². The van der Waals surface area contributed by atoms with Crippen molar-refractivity contribution in [2.24, 2.45) is 13.0 Å². The molecule has 3 heteroatoms. The lowest BCUT2D eigenvalue weighted by molar-refractivity contribution is 0.140. The molecule has 1 atom stereocenters. The number of hydrogen-bond acceptors (Lipinski definition) is 2. The number of aliphatic hydroxyl groups excluding tert-OH is 1. The van der Waals surface area contributed by atoms with Crippen molar-refractivity contribution in [1.29, 1.82) is 0 Å². The molecule has 1 N–H and O–H groups in total. The number of nitrogens with zero attached hydrogens (tertiary/aromatic N) is 2. The van der Waals surface area contributed by atoms with Gasteiger partial charge in [0.2, 0.25) is 0 Å². The van der Waals surface area contributed by atoms with E-state index in [4.69, 9.17) is 5.11 Å². The summed E-state index contributed by atoms with van der Waals surface area (Å²) in [6, 6.07) is 4.29. The predicted octanol–water partition coefficient (Wildman–Crippen LogP) is 1.62. The average Bonchev–Trinajstić information content (AvgIpc) is 2.66. The standard InChI is InChI=1S/C13H22N2O/c1-14-7-3-5-13(14)11-15-8-2-4-12(10-15)6-9-16/h3,5,7,12,16H,2,4,6,8-11H2,1H3. The molecule has 1 saturated heterocycles. The number of rotatable bonds is 4. The van der Waals surface area contributed by atoms with Gasteiger partial charge in [-0.3, -0.25) is 4.90 Å². The lowest BCUT2D eigenvalue weighted by Gasteiger charge is -2.32. The van der Waals surface area contributed by atoms with Gasteiger partial charge in [-0.2, -0.15) is 0 Å². The monoisotopic (exact) mass is 222 g/mol. The van der Waals surface area contributed by atoms with Gasteiger partial charge in [0.15, 0.2) is 0 Å². The average molecular weight is 222 g/mol. The fraction of sp³-hybridized carbons (Fsp3) is 0.692. The number of aliphatic hydroxyl groups is 1. The Balaban J connectivity index is 1.88. The molecule has 16 heavy (non-hydrogen) atoms. The van der Waals surface area contributed by atoms with Gasteiger partial charge in [0.25, 0.3) is 0 Å². The predicted molar refractivity (Wildman–Crippen MR) is 65.1 cm³/mol. The summed E-state index contributed by atoms with van der Waals surface area (Å²) >= 11 is 0. The van der Waals surface area contributed by atoms with Crippen molar-refractivity contribution >= 4 is 0 Å². The van der Waals surface area contributed by atoms with Crippen molar-refractivity contribution in [3.63, 3.8) is 0 Å². The van der Waals surface area contributed by atoms with Crippen molar-refractivity contribution < 1.29 is 5.11 Å². The molecule has 2 heterocycles. The lowest BCUT2D eigenvalue weighted by Crippen LogP contribution is -2.35. The molecule has 1 aliphatic rings. The van der Waals surface area contributed by atoms with Crippen molar-refractivity contribution in [2.45, 2.75) is 25.8 Å². The van der Waals surface area contributed by atoms with Gasteiger partial charge in [0.1, 0.15) is 0 Å². The molecule has 1 aliphatic heterocycles. The molecule has 3 nitrogen and oxygen atoms in total. The minimum atomic E-state index is 0.336. The van der Waals surface area contributed by atoms with Gasteiger partial charge >= 0.3 is 0 Å². The van der Waals surface area contributed by atoms with E-state index in [9.17, 15) is 0 Å². The van der Waals surface area contributed by atoms with Gasteiger partial charge in [-0.25, -0.2) is 0 Å². The zero-order valence-corrected chi connectivity index (χ0v) is 10.1. The maximum atomic E-state index is 8.98. The molecular formula is C13H22N2O. The second kappa shape index (κ2) is 5.51. The van der Waals surface area contributed by atoms with E-state index in [-0.39, 0.29) is 0 Å². The Morgan fingerprint density at radius 1 is 1.50 bits per heavy atom. The molecule has 1 aromatic heterocycles. The minimum absolute atomic E-state index is 0.336. The molecule has 0 radical (unpaired) electrons. The molecule has 0 aromatic carbocycles. The van der Waals surface area contributed by atoms with E-state index in [2.05, 4.69) is 34.8 Å². The summed E-state index contributed by atoms with van der Waals surface area (Å²) in [5.74, 6) is 0.694. The van der Waals surface area contributed by atoms with Crippen LogP contribution in [-0.4, -0.2) is 34.3 Å². The van der Waals surface area contributed by atoms with Crippen molar-refractivity contribution in [2.75, 3.05) is 19.7 Å². The van der Waals surface area contributed by atoms with Crippen LogP contribution in [-0.2, 0) is 13.6 Å². The summed E-state index contributed by atoms with van der Waals surface area (Å²) in [6.07, 6.45) is 5.62. The zero-order valence-electron chi connectivity index (χ0n) is 10.1. The molecule has 0 saturated carbocycles. The normalized spacial score (nSPS) is 22.5. The van der Waals surface area contributed by atoms with Gasteiger partial charge in [0.05, 0.1) is 0 Å². The summed E-state index contributed by atoms with van der Waals surface area (Å²) < 4.78 is 2.19. The van der Waals surface area contributed by atoms with E-state index in [0.29, 0.717) is 12.5 Å². The van der Waals surface area contributed by atoms with Crippen LogP contribution < -0.4 is 0 Å². The molecule has 0 bridgehead atoms. The largest absolute Gasteiger partial charge is 0.396 e. The number of piperidine rings is 1. The summed E-state index contributed by atoms with van der Waals surface area (Å²) in [4.78, 5) is 2.51. The third kappa shape index (κ3) is 2.86. The Hall–Kier alpha value is -0.800. The first-order valence-electron chi connectivity index (χ1n) is 6.23. The molecule has 90 valence electrons. The summed E-state index contributed by atoms with van der Waals surface area (Å²) in [6.45, 7) is 3.73. The van der Waals surface area contributed by atoms with Crippen LogP contribution in [0.2, 0.25) is 0 Å². The lowest BCUT2D eigenvalue weighted by atomic mass is 9.95. The Labute approximate surface area is 97.7 Å². The molecule has 1 aromatic rings. The zero-order chi connectivity index (χ0) is 11.4. The van der Waals surface area contributed by atoms with Crippen LogP contribution in [0.1, 0.15) is 25.0 Å². The Kier molecular flexibility index (Phi) is 4.02. The molecule has 0 spiro atoms. The van der Waals surface area contributed by atoms with E-state index in [1.807, 2.05) is 0 Å². The summed E-state index contributed by atoms with van der Waals surface area (Å²) in [5.41, 5.74) is 1.38. The van der Waals surface area contributed by atoms with Crippen LogP contribution >= 0.6 is 0 Å². The number of likely N-dealkylation sites (tertiary alicyclic amines) is 1. The fourth-order valence-electron chi connectivity index (χ4n) is 2.60. The molecular weight excluding hydrogens is 200 g/mol. The number of aryl methyl sites for hydroxylation is 1. The third-order valence-electron chi connectivity index (χ3n) is 3.58. The third-order valence-corrected chi connectivity index (χ3v) is 3.58. The number of hydrogen-bond donors (Lipinski definition) is 1. The SMILES string of the molecule is Cn1cccc1CN1CCCC(CCO)C1. The maximum absolute atomic E-state index is 8.98. The Morgan fingerprint density at radius 3 is 3.06 bits per heavy atom. The van der Waals surface area contributed by atoms with E-state index in [1.165, 1.54) is 25.1 Å². The minimum Gasteiger partial charge on any atom is -0.396 e. The van der Waals surface area contributed by atoms with Crippen LogP contribution in [0.3, 0.4) is 0 Å².